The molecule has 0 atom stereocenters. The van der Waals surface area contributed by atoms with Crippen LogP contribution in [0.2, 0.25) is 0 Å². The summed E-state index contributed by atoms with van der Waals surface area (Å²) < 4.78 is 0. The first-order valence-electron chi connectivity index (χ1n) is 4.90. The Morgan fingerprint density at radius 2 is 2.12 bits per heavy atom. The van der Waals surface area contributed by atoms with Gasteiger partial charge >= 0.3 is 0 Å². The zero-order valence-corrected chi connectivity index (χ0v) is 10.6. The van der Waals surface area contributed by atoms with Crippen LogP contribution in [0.5, 0.6) is 0 Å². The molecule has 0 spiro atoms. The van der Waals surface area contributed by atoms with Crippen molar-refractivity contribution in [2.75, 3.05) is 0 Å². The molecule has 2 rings (SSSR count). The van der Waals surface area contributed by atoms with Crippen molar-refractivity contribution >= 4 is 40.3 Å². The standard InChI is InChI=1S/C11H11NO2S2/c1-7(2)12-10(13)9(16-11(12)14)6-8-4-3-5-15-8/h3-7H,1-2H3/b9-6-. The second kappa shape index (κ2) is 4.43. The fraction of sp³-hybridized carbons (Fsp3) is 0.273. The molecule has 2 heterocycles. The van der Waals surface area contributed by atoms with Gasteiger partial charge in [-0.2, -0.15) is 0 Å². The molecule has 84 valence electrons. The first-order valence-corrected chi connectivity index (χ1v) is 6.60. The van der Waals surface area contributed by atoms with E-state index in [9.17, 15) is 9.59 Å². The smallest absolute Gasteiger partial charge is 0.268 e. The van der Waals surface area contributed by atoms with Crippen LogP contribution in [-0.4, -0.2) is 22.1 Å². The third-order valence-electron chi connectivity index (χ3n) is 2.16. The summed E-state index contributed by atoms with van der Waals surface area (Å²) in [6, 6.07) is 3.76. The number of thioether (sulfide) groups is 1. The van der Waals surface area contributed by atoms with Gasteiger partial charge in [0.1, 0.15) is 0 Å². The maximum absolute atomic E-state index is 11.9. The third kappa shape index (κ3) is 2.05. The number of carbonyl (C=O) groups is 2. The highest BCUT2D eigenvalue weighted by molar-refractivity contribution is 8.18. The quantitative estimate of drug-likeness (QED) is 0.760. The van der Waals surface area contributed by atoms with Gasteiger partial charge in [0, 0.05) is 10.9 Å². The van der Waals surface area contributed by atoms with Crippen LogP contribution in [0.4, 0.5) is 4.79 Å². The predicted octanol–water partition coefficient (Wildman–Crippen LogP) is 3.19. The highest BCUT2D eigenvalue weighted by atomic mass is 32.2. The lowest BCUT2D eigenvalue weighted by Gasteiger charge is -2.16. The molecule has 0 bridgehead atoms. The summed E-state index contributed by atoms with van der Waals surface area (Å²) in [7, 11) is 0. The molecular weight excluding hydrogens is 242 g/mol. The molecule has 0 aromatic carbocycles. The molecule has 0 radical (unpaired) electrons. The lowest BCUT2D eigenvalue weighted by molar-refractivity contribution is -0.123. The van der Waals surface area contributed by atoms with Crippen LogP contribution >= 0.6 is 23.1 Å². The van der Waals surface area contributed by atoms with Gasteiger partial charge in [-0.3, -0.25) is 14.5 Å². The van der Waals surface area contributed by atoms with Crippen molar-refractivity contribution < 1.29 is 9.59 Å². The Kier molecular flexibility index (Phi) is 3.16. The van der Waals surface area contributed by atoms with Gasteiger partial charge in [0.2, 0.25) is 0 Å². The molecule has 1 aliphatic heterocycles. The fourth-order valence-corrected chi connectivity index (χ4v) is 3.11. The molecule has 1 aromatic heterocycles. The molecule has 1 saturated heterocycles. The van der Waals surface area contributed by atoms with Gasteiger partial charge in [0.05, 0.1) is 4.91 Å². The third-order valence-corrected chi connectivity index (χ3v) is 3.86. The van der Waals surface area contributed by atoms with Gasteiger partial charge in [-0.15, -0.1) is 11.3 Å². The van der Waals surface area contributed by atoms with Crippen molar-refractivity contribution in [3.8, 4) is 0 Å². The van der Waals surface area contributed by atoms with Crippen molar-refractivity contribution in [3.63, 3.8) is 0 Å². The zero-order valence-electron chi connectivity index (χ0n) is 8.97. The number of imide groups is 1. The number of rotatable bonds is 2. The Bertz CT molecular complexity index is 449. The first kappa shape index (κ1) is 11.4. The average molecular weight is 253 g/mol. The van der Waals surface area contributed by atoms with Crippen LogP contribution in [-0.2, 0) is 4.79 Å². The van der Waals surface area contributed by atoms with Crippen LogP contribution in [0.3, 0.4) is 0 Å². The molecule has 3 nitrogen and oxygen atoms in total. The van der Waals surface area contributed by atoms with Gasteiger partial charge < -0.3 is 0 Å². The number of thiophene rings is 1. The maximum atomic E-state index is 11.9. The van der Waals surface area contributed by atoms with E-state index in [1.807, 2.05) is 31.4 Å². The number of nitrogens with zero attached hydrogens (tertiary/aromatic N) is 1. The molecule has 2 amide bonds. The van der Waals surface area contributed by atoms with Crippen LogP contribution in [0.15, 0.2) is 22.4 Å². The minimum atomic E-state index is -0.182. The first-order chi connectivity index (χ1) is 7.59. The van der Waals surface area contributed by atoms with E-state index in [0.717, 1.165) is 16.6 Å². The van der Waals surface area contributed by atoms with E-state index in [1.165, 1.54) is 4.90 Å². The predicted molar refractivity (Wildman–Crippen MR) is 67.3 cm³/mol. The van der Waals surface area contributed by atoms with Gasteiger partial charge in [-0.05, 0) is 43.1 Å². The molecule has 1 fully saturated rings. The lowest BCUT2D eigenvalue weighted by Crippen LogP contribution is -2.34. The van der Waals surface area contributed by atoms with E-state index in [0.29, 0.717) is 4.91 Å². The van der Waals surface area contributed by atoms with Crippen molar-refractivity contribution in [1.82, 2.24) is 4.90 Å². The van der Waals surface area contributed by atoms with E-state index in [1.54, 1.807) is 17.4 Å². The minimum absolute atomic E-state index is 0.0817. The lowest BCUT2D eigenvalue weighted by atomic mass is 10.3. The summed E-state index contributed by atoms with van der Waals surface area (Å²) in [6.07, 6.45) is 1.78. The van der Waals surface area contributed by atoms with Crippen LogP contribution in [0, 0.1) is 0 Å². The monoisotopic (exact) mass is 253 g/mol. The van der Waals surface area contributed by atoms with Crippen LogP contribution in [0.25, 0.3) is 6.08 Å². The second-order valence-electron chi connectivity index (χ2n) is 3.66. The summed E-state index contributed by atoms with van der Waals surface area (Å²) in [4.78, 5) is 26.3. The van der Waals surface area contributed by atoms with Gasteiger partial charge in [0.15, 0.2) is 0 Å². The second-order valence-corrected chi connectivity index (χ2v) is 5.63. The molecule has 1 aromatic rings. The summed E-state index contributed by atoms with van der Waals surface area (Å²) in [6.45, 7) is 3.68. The Hall–Kier alpha value is -1.07. The van der Waals surface area contributed by atoms with E-state index >= 15 is 0 Å². The van der Waals surface area contributed by atoms with Crippen molar-refractivity contribution in [2.24, 2.45) is 0 Å². The van der Waals surface area contributed by atoms with Crippen molar-refractivity contribution in [3.05, 3.63) is 27.3 Å². The number of hydrogen-bond acceptors (Lipinski definition) is 4. The van der Waals surface area contributed by atoms with Crippen molar-refractivity contribution in [2.45, 2.75) is 19.9 Å². The Labute approximate surface area is 102 Å². The van der Waals surface area contributed by atoms with Gasteiger partial charge in [-0.25, -0.2) is 0 Å². The summed E-state index contributed by atoms with van der Waals surface area (Å²) in [5.41, 5.74) is 0. The van der Waals surface area contributed by atoms with Crippen LogP contribution in [0.1, 0.15) is 18.7 Å². The number of hydrogen-bond donors (Lipinski definition) is 0. The normalized spacial score (nSPS) is 19.2. The molecule has 0 unspecified atom stereocenters. The van der Waals surface area contributed by atoms with Crippen molar-refractivity contribution in [1.29, 1.82) is 0 Å². The molecule has 0 N–H and O–H groups in total. The summed E-state index contributed by atoms with van der Waals surface area (Å²) >= 11 is 2.56. The molecule has 0 aliphatic carbocycles. The molecule has 5 heteroatoms. The zero-order chi connectivity index (χ0) is 11.7. The number of carbonyl (C=O) groups excluding carboxylic acids is 2. The Balaban J connectivity index is 2.27. The van der Waals surface area contributed by atoms with E-state index < -0.39 is 0 Å². The van der Waals surface area contributed by atoms with Gasteiger partial charge in [0.25, 0.3) is 11.1 Å². The fourth-order valence-electron chi connectivity index (χ4n) is 1.43. The topological polar surface area (TPSA) is 37.4 Å². The van der Waals surface area contributed by atoms with E-state index in [4.69, 9.17) is 0 Å². The summed E-state index contributed by atoms with van der Waals surface area (Å²) in [5.74, 6) is -0.182. The highest BCUT2D eigenvalue weighted by Crippen LogP contribution is 2.33. The average Bonchev–Trinajstić information content (AvgIpc) is 2.76. The molecule has 1 aliphatic rings. The molecule has 0 saturated carbocycles. The number of amides is 2. The molecular formula is C11H11NO2S2. The molecule has 16 heavy (non-hydrogen) atoms. The Morgan fingerprint density at radius 3 is 2.62 bits per heavy atom. The highest BCUT2D eigenvalue weighted by Gasteiger charge is 2.36. The SMILES string of the molecule is CC(C)N1C(=O)S/C(=C\c2cccs2)C1=O. The van der Waals surface area contributed by atoms with E-state index in [-0.39, 0.29) is 17.2 Å². The maximum Gasteiger partial charge on any atom is 0.293 e. The van der Waals surface area contributed by atoms with Crippen LogP contribution < -0.4 is 0 Å². The van der Waals surface area contributed by atoms with E-state index in [2.05, 4.69) is 0 Å². The Morgan fingerprint density at radius 1 is 1.38 bits per heavy atom. The largest absolute Gasteiger partial charge is 0.293 e. The minimum Gasteiger partial charge on any atom is -0.268 e. The summed E-state index contributed by atoms with van der Waals surface area (Å²) in [5, 5.41) is 1.77. The van der Waals surface area contributed by atoms with Gasteiger partial charge in [-0.1, -0.05) is 6.07 Å².